The average Bonchev–Trinajstić information content (AvgIpc) is 3.36. The first-order chi connectivity index (χ1) is 12.5. The molecular formula is C18H22FN3O4. The summed E-state index contributed by atoms with van der Waals surface area (Å²) < 4.78 is 12.6. The van der Waals surface area contributed by atoms with Crippen molar-refractivity contribution in [3.05, 3.63) is 29.7 Å². The summed E-state index contributed by atoms with van der Waals surface area (Å²) in [5.41, 5.74) is -0.104. The number of amides is 2. The molecule has 2 fully saturated rings. The predicted octanol–water partition coefficient (Wildman–Crippen LogP) is 1.35. The van der Waals surface area contributed by atoms with Gasteiger partial charge in [0.1, 0.15) is 17.7 Å². The third-order valence-electron chi connectivity index (χ3n) is 4.31. The van der Waals surface area contributed by atoms with E-state index in [0.29, 0.717) is 32.5 Å². The molecule has 1 atom stereocenters. The Morgan fingerprint density at radius 2 is 2.04 bits per heavy atom. The van der Waals surface area contributed by atoms with Crippen LogP contribution < -0.4 is 0 Å². The van der Waals surface area contributed by atoms with Gasteiger partial charge in [-0.05, 0) is 19.3 Å². The molecule has 0 aromatic carbocycles. The zero-order valence-electron chi connectivity index (χ0n) is 14.5. The van der Waals surface area contributed by atoms with Crippen molar-refractivity contribution in [2.24, 2.45) is 4.99 Å². The Bertz CT molecular complexity index is 689. The minimum atomic E-state index is -0.816. The number of alkyl halides is 1. The topological polar surface area (TPSA) is 90.3 Å². The summed E-state index contributed by atoms with van der Waals surface area (Å²) >= 11 is 0. The number of aliphatic imine (C=N–C) groups is 1. The number of rotatable bonds is 3. The van der Waals surface area contributed by atoms with E-state index in [-0.39, 0.29) is 35.4 Å². The van der Waals surface area contributed by atoms with Crippen LogP contribution in [0.1, 0.15) is 25.7 Å². The van der Waals surface area contributed by atoms with Crippen LogP contribution in [-0.2, 0) is 14.4 Å². The van der Waals surface area contributed by atoms with Crippen LogP contribution in [0, 0.1) is 0 Å². The Kier molecular flexibility index (Phi) is 6.86. The van der Waals surface area contributed by atoms with Crippen molar-refractivity contribution in [1.29, 1.82) is 0 Å². The lowest BCUT2D eigenvalue weighted by Gasteiger charge is -2.14. The Hall–Kier alpha value is -2.73. The van der Waals surface area contributed by atoms with Gasteiger partial charge in [-0.2, -0.15) is 0 Å². The van der Waals surface area contributed by atoms with Crippen LogP contribution in [0.3, 0.4) is 0 Å². The fourth-order valence-corrected chi connectivity index (χ4v) is 2.88. The normalized spacial score (nSPS) is 21.6. The minimum absolute atomic E-state index is 0.0137. The van der Waals surface area contributed by atoms with Gasteiger partial charge in [0.05, 0.1) is 12.8 Å². The average molecular weight is 363 g/mol. The van der Waals surface area contributed by atoms with Crippen molar-refractivity contribution < 1.29 is 23.9 Å². The summed E-state index contributed by atoms with van der Waals surface area (Å²) in [5.74, 6) is 0.841. The Morgan fingerprint density at radius 1 is 1.35 bits per heavy atom. The van der Waals surface area contributed by atoms with E-state index in [4.69, 9.17) is 0 Å². The quantitative estimate of drug-likeness (QED) is 0.605. The van der Waals surface area contributed by atoms with Crippen LogP contribution in [0.25, 0.3) is 0 Å². The number of carbonyl (C=O) groups excluding carboxylic acids is 3. The Balaban J connectivity index is 0.000000197. The highest BCUT2D eigenvalue weighted by Crippen LogP contribution is 2.21. The maximum atomic E-state index is 12.6. The fourth-order valence-electron chi connectivity index (χ4n) is 2.88. The van der Waals surface area contributed by atoms with Gasteiger partial charge in [0.25, 0.3) is 5.91 Å². The molecule has 0 radical (unpaired) electrons. The molecule has 0 bridgehead atoms. The second-order valence-electron chi connectivity index (χ2n) is 6.19. The zero-order valence-corrected chi connectivity index (χ0v) is 14.5. The van der Waals surface area contributed by atoms with Crippen LogP contribution in [0.15, 0.2) is 34.7 Å². The van der Waals surface area contributed by atoms with Gasteiger partial charge in [-0.3, -0.25) is 9.59 Å². The number of aliphatic hydroxyl groups excluding tert-OH is 1. The van der Waals surface area contributed by atoms with E-state index in [2.05, 4.69) is 11.6 Å². The lowest BCUT2D eigenvalue weighted by Crippen LogP contribution is -2.28. The van der Waals surface area contributed by atoms with Crippen LogP contribution in [-0.4, -0.2) is 71.2 Å². The summed E-state index contributed by atoms with van der Waals surface area (Å²) in [4.78, 5) is 40.1. The number of halogens is 1. The van der Waals surface area contributed by atoms with Crippen molar-refractivity contribution >= 4 is 24.0 Å². The molecule has 0 saturated carbocycles. The highest BCUT2D eigenvalue weighted by molar-refractivity contribution is 6.06. The van der Waals surface area contributed by atoms with Gasteiger partial charge in [-0.25, -0.2) is 14.2 Å². The van der Waals surface area contributed by atoms with Gasteiger partial charge < -0.3 is 14.9 Å². The first-order valence-electron chi connectivity index (χ1n) is 8.52. The Labute approximate surface area is 151 Å². The molecule has 2 saturated heterocycles. The lowest BCUT2D eigenvalue weighted by atomic mass is 10.2. The summed E-state index contributed by atoms with van der Waals surface area (Å²) in [7, 11) is 0. The van der Waals surface area contributed by atoms with E-state index in [1.54, 1.807) is 15.9 Å². The zero-order chi connectivity index (χ0) is 19.1. The third-order valence-corrected chi connectivity index (χ3v) is 4.31. The Morgan fingerprint density at radius 3 is 2.54 bits per heavy atom. The van der Waals surface area contributed by atoms with E-state index in [1.165, 1.54) is 5.94 Å². The highest BCUT2D eigenvalue weighted by Gasteiger charge is 2.28. The number of aliphatic hydroxyl groups is 1. The minimum Gasteiger partial charge on any atom is -0.504 e. The summed E-state index contributed by atoms with van der Waals surface area (Å²) in [6, 6.07) is 0. The maximum absolute atomic E-state index is 12.6. The number of hydrogen-bond acceptors (Lipinski definition) is 5. The number of hydrogen-bond donors (Lipinski definition) is 1. The van der Waals surface area contributed by atoms with E-state index in [9.17, 15) is 23.9 Å². The van der Waals surface area contributed by atoms with Crippen LogP contribution in [0.5, 0.6) is 0 Å². The first kappa shape index (κ1) is 19.6. The van der Waals surface area contributed by atoms with Crippen molar-refractivity contribution in [1.82, 2.24) is 9.80 Å². The predicted molar refractivity (Wildman–Crippen MR) is 94.1 cm³/mol. The molecule has 2 amide bonds. The van der Waals surface area contributed by atoms with Gasteiger partial charge in [-0.1, -0.05) is 6.08 Å². The number of carbonyl (C=O) groups is 2. The van der Waals surface area contributed by atoms with Crippen molar-refractivity contribution in [2.75, 3.05) is 26.2 Å². The largest absolute Gasteiger partial charge is 0.504 e. The summed E-state index contributed by atoms with van der Waals surface area (Å²) in [6.45, 7) is 5.66. The van der Waals surface area contributed by atoms with E-state index < -0.39 is 6.17 Å². The van der Waals surface area contributed by atoms with Crippen LogP contribution in [0.4, 0.5) is 4.39 Å². The van der Waals surface area contributed by atoms with Crippen molar-refractivity contribution in [3.63, 3.8) is 0 Å². The van der Waals surface area contributed by atoms with E-state index in [1.807, 2.05) is 0 Å². The molecule has 0 aromatic heterocycles. The summed E-state index contributed by atoms with van der Waals surface area (Å²) in [6.07, 6.45) is 4.65. The molecule has 3 heterocycles. The van der Waals surface area contributed by atoms with Gasteiger partial charge in [0, 0.05) is 26.1 Å². The molecule has 140 valence electrons. The van der Waals surface area contributed by atoms with E-state index >= 15 is 0 Å². The second kappa shape index (κ2) is 9.10. The molecule has 0 aliphatic carbocycles. The smallest absolute Gasteiger partial charge is 0.276 e. The maximum Gasteiger partial charge on any atom is 0.276 e. The standard InChI is InChI=1S/C10H10N2O3.C8H12FNO/c13-6-7-5-11-8(9(7)14)10(15)12-3-1-2-4-12;1-2-3-8(11)10-5-4-7(9)6-10/h5,14H,1-4H2;2,7H,1,3-6H2. The van der Waals surface area contributed by atoms with Crippen molar-refractivity contribution in [3.8, 4) is 0 Å². The van der Waals surface area contributed by atoms with E-state index in [0.717, 1.165) is 19.1 Å². The lowest BCUT2D eigenvalue weighted by molar-refractivity contribution is -0.129. The highest BCUT2D eigenvalue weighted by atomic mass is 19.1. The molecular weight excluding hydrogens is 341 g/mol. The molecule has 7 nitrogen and oxygen atoms in total. The number of likely N-dealkylation sites (tertiary alicyclic amines) is 2. The molecule has 26 heavy (non-hydrogen) atoms. The molecule has 0 aromatic rings. The SMILES string of the molecule is C=CCC(=O)N1CCC(F)C1.O=C=C1C=NC(C(=O)N2CCCC2)=C1O. The fraction of sp³-hybridized carbons (Fsp3) is 0.500. The molecule has 8 heteroatoms. The van der Waals surface area contributed by atoms with Crippen molar-refractivity contribution in [2.45, 2.75) is 31.9 Å². The first-order valence-corrected chi connectivity index (χ1v) is 8.52. The molecule has 0 spiro atoms. The van der Waals surface area contributed by atoms with Gasteiger partial charge >= 0.3 is 0 Å². The molecule has 1 N–H and O–H groups in total. The molecule has 3 aliphatic heterocycles. The number of allylic oxidation sites excluding steroid dienone is 1. The van der Waals surface area contributed by atoms with Gasteiger partial charge in [0.2, 0.25) is 5.91 Å². The van der Waals surface area contributed by atoms with Gasteiger partial charge in [0.15, 0.2) is 11.5 Å². The third kappa shape index (κ3) is 4.67. The van der Waals surface area contributed by atoms with Crippen LogP contribution in [0.2, 0.25) is 0 Å². The molecule has 1 unspecified atom stereocenters. The number of nitrogens with zero attached hydrogens (tertiary/aromatic N) is 3. The van der Waals surface area contributed by atoms with Crippen LogP contribution >= 0.6 is 0 Å². The monoisotopic (exact) mass is 363 g/mol. The molecule has 3 rings (SSSR count). The second-order valence-corrected chi connectivity index (χ2v) is 6.19. The van der Waals surface area contributed by atoms with Gasteiger partial charge in [-0.15, -0.1) is 6.58 Å². The molecule has 3 aliphatic rings. The summed E-state index contributed by atoms with van der Waals surface area (Å²) in [5, 5.41) is 9.49.